The van der Waals surface area contributed by atoms with E-state index in [9.17, 15) is 14.0 Å². The lowest BCUT2D eigenvalue weighted by Gasteiger charge is -2.38. The first-order valence-electron chi connectivity index (χ1n) is 8.64. The van der Waals surface area contributed by atoms with Gasteiger partial charge in [0.25, 0.3) is 0 Å². The molecule has 3 fully saturated rings. The summed E-state index contributed by atoms with van der Waals surface area (Å²) in [5.41, 5.74) is 0.650. The summed E-state index contributed by atoms with van der Waals surface area (Å²) in [6.07, 6.45) is 3.67. The molecule has 128 valence electrons. The Balaban J connectivity index is 1.49. The van der Waals surface area contributed by atoms with Crippen molar-refractivity contribution in [2.45, 2.75) is 37.8 Å². The van der Waals surface area contributed by atoms with E-state index in [1.165, 1.54) is 12.1 Å². The average molecular weight is 332 g/mol. The van der Waals surface area contributed by atoms with Gasteiger partial charge in [-0.2, -0.15) is 0 Å². The number of anilines is 1. The van der Waals surface area contributed by atoms with E-state index in [0.29, 0.717) is 31.8 Å². The zero-order valence-electron chi connectivity index (χ0n) is 13.5. The molecule has 2 aliphatic heterocycles. The average Bonchev–Trinajstić information content (AvgIpc) is 3.21. The van der Waals surface area contributed by atoms with Crippen LogP contribution in [-0.4, -0.2) is 48.6 Å². The fourth-order valence-electron chi connectivity index (χ4n) is 4.19. The molecule has 0 bridgehead atoms. The summed E-state index contributed by atoms with van der Waals surface area (Å²) in [5, 5.41) is 0. The number of hydrogen-bond acceptors (Lipinski definition) is 3. The molecule has 5 nitrogen and oxygen atoms in total. The Labute approximate surface area is 140 Å². The molecule has 3 aliphatic rings. The molecule has 2 heterocycles. The number of ether oxygens (including phenoxy) is 1. The first kappa shape index (κ1) is 15.6. The molecule has 6 heteroatoms. The molecule has 1 aliphatic carbocycles. The first-order chi connectivity index (χ1) is 11.6. The second-order valence-electron chi connectivity index (χ2n) is 6.75. The van der Waals surface area contributed by atoms with Gasteiger partial charge in [0.2, 0.25) is 11.8 Å². The minimum atomic E-state index is -0.616. The Kier molecular flexibility index (Phi) is 4.00. The molecule has 4 rings (SSSR count). The topological polar surface area (TPSA) is 49.9 Å². The minimum absolute atomic E-state index is 0.0650. The van der Waals surface area contributed by atoms with Crippen LogP contribution in [0.4, 0.5) is 10.1 Å². The molecule has 1 aromatic carbocycles. The van der Waals surface area contributed by atoms with Gasteiger partial charge in [-0.15, -0.1) is 0 Å². The Morgan fingerprint density at radius 1 is 1.12 bits per heavy atom. The van der Waals surface area contributed by atoms with Crippen molar-refractivity contribution in [1.29, 1.82) is 0 Å². The Hall–Kier alpha value is -1.95. The lowest BCUT2D eigenvalue weighted by atomic mass is 10.0. The summed E-state index contributed by atoms with van der Waals surface area (Å²) in [5.74, 6) is -1.19. The number of benzene rings is 1. The fraction of sp³-hybridized carbons (Fsp3) is 0.556. The predicted octanol–water partition coefficient (Wildman–Crippen LogP) is 1.96. The molecular weight excluding hydrogens is 311 g/mol. The number of halogens is 1. The second kappa shape index (κ2) is 6.16. The predicted molar refractivity (Wildman–Crippen MR) is 86.0 cm³/mol. The molecule has 1 aromatic rings. The fourth-order valence-corrected chi connectivity index (χ4v) is 4.19. The van der Waals surface area contributed by atoms with E-state index in [1.54, 1.807) is 17.0 Å². The maximum Gasteiger partial charge on any atom is 0.239 e. The molecule has 0 radical (unpaired) electrons. The van der Waals surface area contributed by atoms with Crippen LogP contribution in [0.25, 0.3) is 0 Å². The van der Waals surface area contributed by atoms with Crippen LogP contribution in [0, 0.1) is 11.7 Å². The van der Waals surface area contributed by atoms with Gasteiger partial charge in [-0.1, -0.05) is 0 Å². The van der Waals surface area contributed by atoms with Crippen molar-refractivity contribution >= 4 is 17.5 Å². The number of morpholine rings is 1. The SMILES string of the molecule is O=C1C(C(=O)N2CCOC3CCCC32)CCN1c1ccc(F)cc1. The van der Waals surface area contributed by atoms with Crippen molar-refractivity contribution in [3.8, 4) is 0 Å². The number of rotatable bonds is 2. The quantitative estimate of drug-likeness (QED) is 0.778. The highest BCUT2D eigenvalue weighted by Gasteiger charge is 2.45. The highest BCUT2D eigenvalue weighted by Crippen LogP contribution is 2.33. The van der Waals surface area contributed by atoms with E-state index in [1.807, 2.05) is 4.90 Å². The summed E-state index contributed by atoms with van der Waals surface area (Å²) < 4.78 is 18.8. The van der Waals surface area contributed by atoms with Crippen LogP contribution in [-0.2, 0) is 14.3 Å². The molecule has 2 saturated heterocycles. The van der Waals surface area contributed by atoms with E-state index >= 15 is 0 Å². The Bertz CT molecular complexity index is 648. The van der Waals surface area contributed by atoms with Gasteiger partial charge in [0, 0.05) is 18.8 Å². The Morgan fingerprint density at radius 2 is 1.92 bits per heavy atom. The van der Waals surface area contributed by atoms with Crippen LogP contribution in [0.1, 0.15) is 25.7 Å². The van der Waals surface area contributed by atoms with Gasteiger partial charge in [-0.25, -0.2) is 4.39 Å². The number of carbonyl (C=O) groups excluding carboxylic acids is 2. The van der Waals surface area contributed by atoms with Crippen molar-refractivity contribution < 1.29 is 18.7 Å². The highest BCUT2D eigenvalue weighted by atomic mass is 19.1. The first-order valence-corrected chi connectivity index (χ1v) is 8.64. The lowest BCUT2D eigenvalue weighted by Crippen LogP contribution is -2.53. The third kappa shape index (κ3) is 2.59. The molecule has 24 heavy (non-hydrogen) atoms. The van der Waals surface area contributed by atoms with Gasteiger partial charge < -0.3 is 14.5 Å². The van der Waals surface area contributed by atoms with Crippen LogP contribution < -0.4 is 4.90 Å². The monoisotopic (exact) mass is 332 g/mol. The summed E-state index contributed by atoms with van der Waals surface area (Å²) >= 11 is 0. The van der Waals surface area contributed by atoms with Crippen LogP contribution in [0.3, 0.4) is 0 Å². The third-order valence-corrected chi connectivity index (χ3v) is 5.41. The van der Waals surface area contributed by atoms with Gasteiger partial charge in [0.15, 0.2) is 0 Å². The van der Waals surface area contributed by atoms with Crippen LogP contribution >= 0.6 is 0 Å². The summed E-state index contributed by atoms with van der Waals surface area (Å²) in [6.45, 7) is 1.62. The second-order valence-corrected chi connectivity index (χ2v) is 6.75. The van der Waals surface area contributed by atoms with E-state index < -0.39 is 5.92 Å². The molecule has 3 unspecified atom stereocenters. The van der Waals surface area contributed by atoms with E-state index in [-0.39, 0.29) is 29.8 Å². The van der Waals surface area contributed by atoms with Gasteiger partial charge >= 0.3 is 0 Å². The van der Waals surface area contributed by atoms with Gasteiger partial charge in [0.05, 0.1) is 18.8 Å². The van der Waals surface area contributed by atoms with E-state index in [0.717, 1.165) is 19.3 Å². The van der Waals surface area contributed by atoms with Crippen LogP contribution in [0.2, 0.25) is 0 Å². The zero-order valence-corrected chi connectivity index (χ0v) is 13.5. The van der Waals surface area contributed by atoms with Crippen LogP contribution in [0.15, 0.2) is 24.3 Å². The molecule has 3 atom stereocenters. The van der Waals surface area contributed by atoms with E-state index in [4.69, 9.17) is 4.74 Å². The molecule has 1 saturated carbocycles. The van der Waals surface area contributed by atoms with Gasteiger partial charge in [0.1, 0.15) is 11.7 Å². The molecule has 2 amide bonds. The molecular formula is C18H21FN2O3. The van der Waals surface area contributed by atoms with Gasteiger partial charge in [-0.05, 0) is 49.9 Å². The van der Waals surface area contributed by atoms with Crippen molar-refractivity contribution in [3.05, 3.63) is 30.1 Å². The van der Waals surface area contributed by atoms with Crippen molar-refractivity contribution in [2.75, 3.05) is 24.6 Å². The lowest BCUT2D eigenvalue weighted by molar-refractivity contribution is -0.150. The van der Waals surface area contributed by atoms with E-state index in [2.05, 4.69) is 0 Å². The number of fused-ring (bicyclic) bond motifs is 1. The maximum absolute atomic E-state index is 13.1. The summed E-state index contributed by atoms with van der Waals surface area (Å²) in [6, 6.07) is 5.97. The van der Waals surface area contributed by atoms with Crippen LogP contribution in [0.5, 0.6) is 0 Å². The smallest absolute Gasteiger partial charge is 0.239 e. The third-order valence-electron chi connectivity index (χ3n) is 5.41. The zero-order chi connectivity index (χ0) is 16.7. The summed E-state index contributed by atoms with van der Waals surface area (Å²) in [7, 11) is 0. The highest BCUT2D eigenvalue weighted by molar-refractivity contribution is 6.09. The van der Waals surface area contributed by atoms with Crippen molar-refractivity contribution in [3.63, 3.8) is 0 Å². The number of carbonyl (C=O) groups is 2. The van der Waals surface area contributed by atoms with Gasteiger partial charge in [-0.3, -0.25) is 9.59 Å². The Morgan fingerprint density at radius 3 is 2.71 bits per heavy atom. The number of amides is 2. The summed E-state index contributed by atoms with van der Waals surface area (Å²) in [4.78, 5) is 29.1. The largest absolute Gasteiger partial charge is 0.374 e. The molecule has 0 N–H and O–H groups in total. The standard InChI is InChI=1S/C18H21FN2O3/c19-12-4-6-13(7-5-12)20-9-8-14(17(20)22)18(23)21-10-11-24-16-3-1-2-15(16)21/h4-7,14-16H,1-3,8-11H2. The minimum Gasteiger partial charge on any atom is -0.374 e. The molecule has 0 aromatic heterocycles. The van der Waals surface area contributed by atoms with Crippen molar-refractivity contribution in [2.24, 2.45) is 5.92 Å². The number of hydrogen-bond donors (Lipinski definition) is 0. The molecule has 0 spiro atoms. The normalized spacial score (nSPS) is 29.9. The maximum atomic E-state index is 13.1. The number of nitrogens with zero attached hydrogens (tertiary/aromatic N) is 2. The van der Waals surface area contributed by atoms with Crippen molar-refractivity contribution in [1.82, 2.24) is 4.90 Å².